The smallest absolute Gasteiger partial charge is 0.211 e. The number of halogens is 1. The molecule has 1 N–H and O–H groups in total. The average Bonchev–Trinajstić information content (AvgIpc) is 2.01. The van der Waals surface area contributed by atoms with Crippen LogP contribution in [0.4, 0.5) is 0 Å². The first-order chi connectivity index (χ1) is 6.48. The van der Waals surface area contributed by atoms with Gasteiger partial charge in [0.2, 0.25) is 10.0 Å². The minimum atomic E-state index is -3.13. The summed E-state index contributed by atoms with van der Waals surface area (Å²) >= 11 is 5.38. The lowest BCUT2D eigenvalue weighted by Crippen LogP contribution is -2.31. The van der Waals surface area contributed by atoms with Crippen LogP contribution >= 0.6 is 11.6 Å². The van der Waals surface area contributed by atoms with Crippen LogP contribution in [0.15, 0.2) is 0 Å². The molecule has 4 nitrogen and oxygen atoms in total. The standard InChI is InChI=1S/C8H18ClNO3S/c1-8(2)7-14(11,12)10-4-6-13-5-3-9/h8,10H,3-7H2,1-2H3. The van der Waals surface area contributed by atoms with E-state index in [0.717, 1.165) is 0 Å². The second-order valence-electron chi connectivity index (χ2n) is 3.37. The van der Waals surface area contributed by atoms with Crippen LogP contribution in [0.1, 0.15) is 13.8 Å². The molecule has 86 valence electrons. The van der Waals surface area contributed by atoms with Crippen molar-refractivity contribution in [2.45, 2.75) is 13.8 Å². The van der Waals surface area contributed by atoms with Gasteiger partial charge >= 0.3 is 0 Å². The van der Waals surface area contributed by atoms with Gasteiger partial charge in [0, 0.05) is 12.4 Å². The van der Waals surface area contributed by atoms with Crippen molar-refractivity contribution in [1.29, 1.82) is 0 Å². The Balaban J connectivity index is 3.56. The maximum Gasteiger partial charge on any atom is 0.211 e. The monoisotopic (exact) mass is 243 g/mol. The fraction of sp³-hybridized carbons (Fsp3) is 1.00. The van der Waals surface area contributed by atoms with Gasteiger partial charge in [0.15, 0.2) is 0 Å². The van der Waals surface area contributed by atoms with Gasteiger partial charge in [0.05, 0.1) is 19.0 Å². The van der Waals surface area contributed by atoms with E-state index in [1.54, 1.807) is 0 Å². The van der Waals surface area contributed by atoms with Crippen LogP contribution in [-0.2, 0) is 14.8 Å². The Hall–Kier alpha value is 0.160. The first kappa shape index (κ1) is 14.2. The molecule has 0 rings (SSSR count). The van der Waals surface area contributed by atoms with Crippen molar-refractivity contribution < 1.29 is 13.2 Å². The Morgan fingerprint density at radius 2 is 2.00 bits per heavy atom. The third-order valence-electron chi connectivity index (χ3n) is 1.34. The second-order valence-corrected chi connectivity index (χ2v) is 5.60. The highest BCUT2D eigenvalue weighted by atomic mass is 35.5. The van der Waals surface area contributed by atoms with Crippen molar-refractivity contribution >= 4 is 21.6 Å². The zero-order valence-corrected chi connectivity index (χ0v) is 10.2. The maximum absolute atomic E-state index is 11.3. The number of rotatable bonds is 8. The van der Waals surface area contributed by atoms with Crippen LogP contribution in [0, 0.1) is 5.92 Å². The predicted molar refractivity (Wildman–Crippen MR) is 58.2 cm³/mol. The van der Waals surface area contributed by atoms with E-state index in [2.05, 4.69) is 4.72 Å². The van der Waals surface area contributed by atoms with E-state index in [4.69, 9.17) is 16.3 Å². The zero-order chi connectivity index (χ0) is 11.0. The Kier molecular flexibility index (Phi) is 7.54. The van der Waals surface area contributed by atoms with E-state index in [-0.39, 0.29) is 11.7 Å². The van der Waals surface area contributed by atoms with Crippen molar-refractivity contribution in [3.63, 3.8) is 0 Å². The molecule has 0 saturated heterocycles. The number of hydrogen-bond donors (Lipinski definition) is 1. The van der Waals surface area contributed by atoms with E-state index in [1.165, 1.54) is 0 Å². The van der Waals surface area contributed by atoms with Gasteiger partial charge in [-0.15, -0.1) is 11.6 Å². The maximum atomic E-state index is 11.3. The molecule has 0 aromatic rings. The molecule has 0 amide bonds. The van der Waals surface area contributed by atoms with Crippen molar-refractivity contribution in [1.82, 2.24) is 4.72 Å². The van der Waals surface area contributed by atoms with Gasteiger partial charge in [0.1, 0.15) is 0 Å². The Morgan fingerprint density at radius 3 is 2.50 bits per heavy atom. The summed E-state index contributed by atoms with van der Waals surface area (Å²) in [6.45, 7) is 4.86. The van der Waals surface area contributed by atoms with Gasteiger partial charge in [-0.25, -0.2) is 13.1 Å². The molecule has 0 radical (unpaired) electrons. The molecular formula is C8H18ClNO3S. The molecule has 14 heavy (non-hydrogen) atoms. The second kappa shape index (κ2) is 7.45. The SMILES string of the molecule is CC(C)CS(=O)(=O)NCCOCCCl. The third kappa shape index (κ3) is 8.74. The molecule has 0 saturated carbocycles. The molecular weight excluding hydrogens is 226 g/mol. The van der Waals surface area contributed by atoms with Crippen LogP contribution < -0.4 is 4.72 Å². The number of alkyl halides is 1. The van der Waals surface area contributed by atoms with Crippen molar-refractivity contribution in [2.24, 2.45) is 5.92 Å². The highest BCUT2D eigenvalue weighted by Gasteiger charge is 2.11. The topological polar surface area (TPSA) is 55.4 Å². The summed E-state index contributed by atoms with van der Waals surface area (Å²) in [4.78, 5) is 0. The molecule has 0 unspecified atom stereocenters. The molecule has 0 aliphatic heterocycles. The van der Waals surface area contributed by atoms with E-state index in [0.29, 0.717) is 25.6 Å². The third-order valence-corrected chi connectivity index (χ3v) is 3.25. The summed E-state index contributed by atoms with van der Waals surface area (Å²) in [5.74, 6) is 0.720. The molecule has 0 spiro atoms. The zero-order valence-electron chi connectivity index (χ0n) is 8.62. The number of ether oxygens (including phenoxy) is 1. The van der Waals surface area contributed by atoms with Crippen molar-refractivity contribution in [3.8, 4) is 0 Å². The van der Waals surface area contributed by atoms with Gasteiger partial charge < -0.3 is 4.74 Å². The largest absolute Gasteiger partial charge is 0.379 e. The van der Waals surface area contributed by atoms with Crippen LogP contribution in [-0.4, -0.2) is 39.8 Å². The minimum Gasteiger partial charge on any atom is -0.379 e. The first-order valence-electron chi connectivity index (χ1n) is 4.59. The fourth-order valence-corrected chi connectivity index (χ4v) is 2.42. The molecule has 0 aliphatic carbocycles. The van der Waals surface area contributed by atoms with Gasteiger partial charge in [-0.3, -0.25) is 0 Å². The van der Waals surface area contributed by atoms with Crippen LogP contribution in [0.25, 0.3) is 0 Å². The molecule has 0 aromatic carbocycles. The molecule has 0 bridgehead atoms. The van der Waals surface area contributed by atoms with Crippen LogP contribution in [0.3, 0.4) is 0 Å². The number of sulfonamides is 1. The Labute approximate surface area is 91.0 Å². The summed E-state index contributed by atoms with van der Waals surface area (Å²) in [7, 11) is -3.13. The van der Waals surface area contributed by atoms with Crippen molar-refractivity contribution in [3.05, 3.63) is 0 Å². The quantitative estimate of drug-likeness (QED) is 0.507. The molecule has 0 heterocycles. The lowest BCUT2D eigenvalue weighted by Gasteiger charge is -2.08. The minimum absolute atomic E-state index is 0.135. The summed E-state index contributed by atoms with van der Waals surface area (Å²) in [6.07, 6.45) is 0. The first-order valence-corrected chi connectivity index (χ1v) is 6.77. The molecule has 0 aromatic heterocycles. The number of nitrogens with one attached hydrogen (secondary N) is 1. The predicted octanol–water partition coefficient (Wildman–Crippen LogP) is 0.817. The summed E-state index contributed by atoms with van der Waals surface area (Å²) in [5.41, 5.74) is 0. The summed E-state index contributed by atoms with van der Waals surface area (Å²) in [5, 5.41) is 0. The Morgan fingerprint density at radius 1 is 1.36 bits per heavy atom. The normalized spacial score (nSPS) is 12.3. The lowest BCUT2D eigenvalue weighted by atomic mass is 10.3. The average molecular weight is 244 g/mol. The van der Waals surface area contributed by atoms with E-state index < -0.39 is 10.0 Å². The molecule has 0 fully saturated rings. The number of hydrogen-bond acceptors (Lipinski definition) is 3. The fourth-order valence-electron chi connectivity index (χ4n) is 0.924. The highest BCUT2D eigenvalue weighted by Crippen LogP contribution is 1.96. The van der Waals surface area contributed by atoms with E-state index in [9.17, 15) is 8.42 Å². The van der Waals surface area contributed by atoms with Crippen LogP contribution in [0.2, 0.25) is 0 Å². The highest BCUT2D eigenvalue weighted by molar-refractivity contribution is 7.89. The lowest BCUT2D eigenvalue weighted by molar-refractivity contribution is 0.155. The summed E-state index contributed by atoms with van der Waals surface area (Å²) in [6, 6.07) is 0. The van der Waals surface area contributed by atoms with Crippen molar-refractivity contribution in [2.75, 3.05) is 31.4 Å². The summed E-state index contributed by atoms with van der Waals surface area (Å²) < 4.78 is 30.0. The van der Waals surface area contributed by atoms with E-state index >= 15 is 0 Å². The van der Waals surface area contributed by atoms with Gasteiger partial charge in [-0.2, -0.15) is 0 Å². The van der Waals surface area contributed by atoms with Gasteiger partial charge in [-0.05, 0) is 5.92 Å². The Bertz CT molecular complexity index is 229. The van der Waals surface area contributed by atoms with Crippen LogP contribution in [0.5, 0.6) is 0 Å². The van der Waals surface area contributed by atoms with Gasteiger partial charge in [-0.1, -0.05) is 13.8 Å². The molecule has 0 aliphatic rings. The van der Waals surface area contributed by atoms with Gasteiger partial charge in [0.25, 0.3) is 0 Å². The molecule has 0 atom stereocenters. The van der Waals surface area contributed by atoms with E-state index in [1.807, 2.05) is 13.8 Å². The molecule has 6 heteroatoms.